The standard InChI is InChI=1S/C10H12NO2/c1-2-9(13-10(11)12)8-6-4-3-5-7-8/h3-7,9H,1-2H2,(H2,11,12). The number of benzene rings is 1. The number of hydrogen-bond acceptors (Lipinski definition) is 2. The number of primary amides is 1. The first-order chi connectivity index (χ1) is 6.24. The van der Waals surface area contributed by atoms with Gasteiger partial charge in [-0.3, -0.25) is 0 Å². The van der Waals surface area contributed by atoms with Gasteiger partial charge in [-0.1, -0.05) is 30.3 Å². The van der Waals surface area contributed by atoms with E-state index in [1.807, 2.05) is 30.3 Å². The molecule has 0 aliphatic carbocycles. The van der Waals surface area contributed by atoms with Gasteiger partial charge < -0.3 is 10.5 Å². The Morgan fingerprint density at radius 3 is 2.54 bits per heavy atom. The third-order valence-electron chi connectivity index (χ3n) is 1.69. The summed E-state index contributed by atoms with van der Waals surface area (Å²) in [6, 6.07) is 9.40. The predicted octanol–water partition coefficient (Wildman–Crippen LogP) is 2.05. The summed E-state index contributed by atoms with van der Waals surface area (Å²) in [5, 5.41) is 0. The molecule has 0 spiro atoms. The lowest BCUT2D eigenvalue weighted by molar-refractivity contribution is 0.108. The van der Waals surface area contributed by atoms with Crippen molar-refractivity contribution in [3.05, 3.63) is 42.8 Å². The molecule has 1 aromatic rings. The minimum absolute atomic E-state index is 0.335. The Labute approximate surface area is 77.5 Å². The van der Waals surface area contributed by atoms with Crippen molar-refractivity contribution in [2.24, 2.45) is 5.73 Å². The third-order valence-corrected chi connectivity index (χ3v) is 1.69. The van der Waals surface area contributed by atoms with E-state index in [2.05, 4.69) is 6.92 Å². The van der Waals surface area contributed by atoms with Crippen LogP contribution in [0.3, 0.4) is 0 Å². The zero-order valence-corrected chi connectivity index (χ0v) is 7.27. The smallest absolute Gasteiger partial charge is 0.405 e. The van der Waals surface area contributed by atoms with Gasteiger partial charge >= 0.3 is 6.09 Å². The molecule has 0 aromatic heterocycles. The molecule has 1 atom stereocenters. The maximum absolute atomic E-state index is 10.5. The number of rotatable bonds is 3. The average molecular weight is 178 g/mol. The Kier molecular flexibility index (Phi) is 3.31. The monoisotopic (exact) mass is 178 g/mol. The number of ether oxygens (including phenoxy) is 1. The lowest BCUT2D eigenvalue weighted by Crippen LogP contribution is -2.16. The van der Waals surface area contributed by atoms with Crippen LogP contribution >= 0.6 is 0 Å². The van der Waals surface area contributed by atoms with Crippen molar-refractivity contribution in [1.82, 2.24) is 0 Å². The lowest BCUT2D eigenvalue weighted by Gasteiger charge is -2.14. The van der Waals surface area contributed by atoms with E-state index in [9.17, 15) is 4.79 Å². The van der Waals surface area contributed by atoms with Gasteiger partial charge in [-0.2, -0.15) is 0 Å². The molecule has 69 valence electrons. The molecule has 1 radical (unpaired) electrons. The summed E-state index contributed by atoms with van der Waals surface area (Å²) >= 11 is 0. The van der Waals surface area contributed by atoms with Gasteiger partial charge in [0, 0.05) is 0 Å². The quantitative estimate of drug-likeness (QED) is 0.770. The van der Waals surface area contributed by atoms with Crippen molar-refractivity contribution in [1.29, 1.82) is 0 Å². The molecule has 0 saturated carbocycles. The Morgan fingerprint density at radius 1 is 1.46 bits per heavy atom. The minimum atomic E-state index is -0.766. The molecule has 0 bridgehead atoms. The first-order valence-electron chi connectivity index (χ1n) is 4.04. The fourth-order valence-corrected chi connectivity index (χ4v) is 1.10. The van der Waals surface area contributed by atoms with Crippen LogP contribution in [0.15, 0.2) is 30.3 Å². The molecule has 1 unspecified atom stereocenters. The van der Waals surface area contributed by atoms with Crippen molar-refractivity contribution in [3.8, 4) is 0 Å². The van der Waals surface area contributed by atoms with E-state index in [-0.39, 0.29) is 6.10 Å². The maximum Gasteiger partial charge on any atom is 0.405 e. The molecular weight excluding hydrogens is 166 g/mol. The van der Waals surface area contributed by atoms with Crippen LogP contribution in [-0.4, -0.2) is 6.09 Å². The summed E-state index contributed by atoms with van der Waals surface area (Å²) in [7, 11) is 0. The third kappa shape index (κ3) is 2.78. The molecule has 0 saturated heterocycles. The first-order valence-corrected chi connectivity index (χ1v) is 4.04. The van der Waals surface area contributed by atoms with Gasteiger partial charge in [-0.05, 0) is 18.9 Å². The van der Waals surface area contributed by atoms with Crippen LogP contribution in [0.25, 0.3) is 0 Å². The summed E-state index contributed by atoms with van der Waals surface area (Å²) in [6.07, 6.45) is -0.622. The highest BCUT2D eigenvalue weighted by Gasteiger charge is 2.11. The van der Waals surface area contributed by atoms with Gasteiger partial charge in [0.05, 0.1) is 0 Å². The molecule has 0 fully saturated rings. The summed E-state index contributed by atoms with van der Waals surface area (Å²) in [6.45, 7) is 3.68. The molecule has 0 aliphatic heterocycles. The van der Waals surface area contributed by atoms with Crippen LogP contribution in [0.1, 0.15) is 18.1 Å². The molecular formula is C10H12NO2. The zero-order valence-electron chi connectivity index (χ0n) is 7.27. The van der Waals surface area contributed by atoms with E-state index in [0.717, 1.165) is 5.56 Å². The van der Waals surface area contributed by atoms with Crippen LogP contribution in [0.4, 0.5) is 4.79 Å². The second-order valence-electron chi connectivity index (χ2n) is 2.62. The summed E-state index contributed by atoms with van der Waals surface area (Å²) in [5.41, 5.74) is 5.83. The maximum atomic E-state index is 10.5. The second-order valence-corrected chi connectivity index (χ2v) is 2.62. The van der Waals surface area contributed by atoms with Crippen molar-refractivity contribution in [3.63, 3.8) is 0 Å². The number of amides is 1. The minimum Gasteiger partial charge on any atom is -0.442 e. The highest BCUT2D eigenvalue weighted by atomic mass is 16.6. The molecule has 0 heterocycles. The Morgan fingerprint density at radius 2 is 2.08 bits per heavy atom. The molecule has 3 heteroatoms. The second kappa shape index (κ2) is 4.50. The fraction of sp³-hybridized carbons (Fsp3) is 0.200. The lowest BCUT2D eigenvalue weighted by atomic mass is 10.1. The zero-order chi connectivity index (χ0) is 9.68. The highest BCUT2D eigenvalue weighted by Crippen LogP contribution is 2.19. The van der Waals surface area contributed by atoms with Gasteiger partial charge in [0.2, 0.25) is 0 Å². The van der Waals surface area contributed by atoms with Gasteiger partial charge in [0.25, 0.3) is 0 Å². The van der Waals surface area contributed by atoms with E-state index in [1.165, 1.54) is 0 Å². The van der Waals surface area contributed by atoms with Crippen molar-refractivity contribution < 1.29 is 9.53 Å². The van der Waals surface area contributed by atoms with E-state index in [1.54, 1.807) is 0 Å². The largest absolute Gasteiger partial charge is 0.442 e. The van der Waals surface area contributed by atoms with Crippen molar-refractivity contribution in [2.45, 2.75) is 12.5 Å². The molecule has 2 N–H and O–H groups in total. The Hall–Kier alpha value is -1.51. The van der Waals surface area contributed by atoms with Gasteiger partial charge in [0.15, 0.2) is 0 Å². The molecule has 3 nitrogen and oxygen atoms in total. The van der Waals surface area contributed by atoms with Gasteiger partial charge in [-0.15, -0.1) is 0 Å². The first kappa shape index (κ1) is 9.58. The SMILES string of the molecule is [CH2]CC(OC(N)=O)c1ccccc1. The van der Waals surface area contributed by atoms with Crippen molar-refractivity contribution in [2.75, 3.05) is 0 Å². The fourth-order valence-electron chi connectivity index (χ4n) is 1.10. The normalized spacial score (nSPS) is 12.1. The van der Waals surface area contributed by atoms with Crippen LogP contribution in [0.2, 0.25) is 0 Å². The van der Waals surface area contributed by atoms with E-state index in [4.69, 9.17) is 10.5 Å². The molecule has 1 rings (SSSR count). The average Bonchev–Trinajstić information content (AvgIpc) is 2.15. The van der Waals surface area contributed by atoms with E-state index < -0.39 is 6.09 Å². The molecule has 1 aromatic carbocycles. The Bertz CT molecular complexity index is 272. The number of hydrogen-bond donors (Lipinski definition) is 1. The van der Waals surface area contributed by atoms with Crippen molar-refractivity contribution >= 4 is 6.09 Å². The summed E-state index contributed by atoms with van der Waals surface area (Å²) in [5.74, 6) is 0. The van der Waals surface area contributed by atoms with Crippen LogP contribution in [0, 0.1) is 6.92 Å². The van der Waals surface area contributed by atoms with E-state index >= 15 is 0 Å². The highest BCUT2D eigenvalue weighted by molar-refractivity contribution is 5.65. The predicted molar refractivity (Wildman–Crippen MR) is 49.8 cm³/mol. The summed E-state index contributed by atoms with van der Waals surface area (Å²) < 4.78 is 4.86. The number of carbonyl (C=O) groups is 1. The topological polar surface area (TPSA) is 52.3 Å². The molecule has 13 heavy (non-hydrogen) atoms. The molecule has 1 amide bonds. The van der Waals surface area contributed by atoms with Gasteiger partial charge in [0.1, 0.15) is 6.10 Å². The number of nitrogens with two attached hydrogens (primary N) is 1. The molecule has 0 aliphatic rings. The van der Waals surface area contributed by atoms with Crippen LogP contribution in [0.5, 0.6) is 0 Å². The van der Waals surface area contributed by atoms with E-state index in [0.29, 0.717) is 6.42 Å². The van der Waals surface area contributed by atoms with Crippen LogP contribution < -0.4 is 5.73 Å². The van der Waals surface area contributed by atoms with Crippen LogP contribution in [-0.2, 0) is 4.74 Å². The summed E-state index contributed by atoms with van der Waals surface area (Å²) in [4.78, 5) is 10.5. The van der Waals surface area contributed by atoms with Gasteiger partial charge in [-0.25, -0.2) is 4.79 Å². The Balaban J connectivity index is 2.73. The number of carbonyl (C=O) groups excluding carboxylic acids is 1.